The lowest BCUT2D eigenvalue weighted by molar-refractivity contribution is -0.109. The lowest BCUT2D eigenvalue weighted by Crippen LogP contribution is -2.34. The highest BCUT2D eigenvalue weighted by molar-refractivity contribution is 5.96. The van der Waals surface area contributed by atoms with Gasteiger partial charge in [-0.25, -0.2) is 4.98 Å². The van der Waals surface area contributed by atoms with Crippen molar-refractivity contribution in [2.24, 2.45) is 5.92 Å². The average molecular weight is 221 g/mol. The number of nitrogen functional groups attached to an aromatic ring is 1. The summed E-state index contributed by atoms with van der Waals surface area (Å²) in [6.45, 7) is 1.08. The van der Waals surface area contributed by atoms with Crippen LogP contribution < -0.4 is 5.73 Å². The van der Waals surface area contributed by atoms with Gasteiger partial charge in [-0.15, -0.1) is 0 Å². The quantitative estimate of drug-likeness (QED) is 0.727. The second-order valence-electron chi connectivity index (χ2n) is 4.04. The third kappa shape index (κ3) is 2.37. The number of carbonyl (C=O) groups is 1. The van der Waals surface area contributed by atoms with Gasteiger partial charge in [0.1, 0.15) is 11.5 Å². The van der Waals surface area contributed by atoms with Crippen molar-refractivity contribution in [3.8, 4) is 0 Å². The Labute approximate surface area is 93.8 Å². The SMILES string of the molecule is Nc1cccc(C(=O)C2CCN(O)CC2)n1. The molecule has 0 atom stereocenters. The number of hydrogen-bond donors (Lipinski definition) is 2. The van der Waals surface area contributed by atoms with Gasteiger partial charge in [-0.05, 0) is 25.0 Å². The van der Waals surface area contributed by atoms with E-state index in [0.717, 1.165) is 0 Å². The molecule has 0 bridgehead atoms. The van der Waals surface area contributed by atoms with E-state index < -0.39 is 0 Å². The lowest BCUT2D eigenvalue weighted by Gasteiger charge is -2.26. The molecular formula is C11H15N3O2. The van der Waals surface area contributed by atoms with Crippen molar-refractivity contribution in [3.63, 3.8) is 0 Å². The predicted molar refractivity (Wildman–Crippen MR) is 59.1 cm³/mol. The smallest absolute Gasteiger partial charge is 0.184 e. The van der Waals surface area contributed by atoms with Gasteiger partial charge in [0.15, 0.2) is 5.78 Å². The van der Waals surface area contributed by atoms with Crippen LogP contribution in [0.5, 0.6) is 0 Å². The van der Waals surface area contributed by atoms with Crippen LogP contribution >= 0.6 is 0 Å². The minimum absolute atomic E-state index is 0.0281. The minimum Gasteiger partial charge on any atom is -0.384 e. The first kappa shape index (κ1) is 11.0. The lowest BCUT2D eigenvalue weighted by atomic mass is 9.91. The highest BCUT2D eigenvalue weighted by Crippen LogP contribution is 2.20. The van der Waals surface area contributed by atoms with E-state index in [-0.39, 0.29) is 11.7 Å². The van der Waals surface area contributed by atoms with Crippen LogP contribution in [0, 0.1) is 5.92 Å². The standard InChI is InChI=1S/C11H15N3O2/c12-10-3-1-2-9(13-10)11(15)8-4-6-14(16)7-5-8/h1-3,8,16H,4-7H2,(H2,12,13). The molecule has 0 spiro atoms. The molecule has 1 aliphatic rings. The summed E-state index contributed by atoms with van der Waals surface area (Å²) in [5.41, 5.74) is 5.96. The molecule has 2 rings (SSSR count). The first-order valence-electron chi connectivity index (χ1n) is 5.37. The number of aromatic nitrogens is 1. The molecule has 0 aromatic carbocycles. The molecule has 5 heteroatoms. The van der Waals surface area contributed by atoms with Gasteiger partial charge in [0.25, 0.3) is 0 Å². The number of piperidine rings is 1. The Kier molecular flexibility index (Phi) is 3.17. The number of carbonyl (C=O) groups excluding carboxylic acids is 1. The van der Waals surface area contributed by atoms with E-state index in [4.69, 9.17) is 5.73 Å². The molecular weight excluding hydrogens is 206 g/mol. The largest absolute Gasteiger partial charge is 0.384 e. The van der Waals surface area contributed by atoms with Gasteiger partial charge in [-0.2, -0.15) is 5.06 Å². The summed E-state index contributed by atoms with van der Waals surface area (Å²) in [5, 5.41) is 10.5. The maximum absolute atomic E-state index is 12.0. The van der Waals surface area contributed by atoms with E-state index in [2.05, 4.69) is 4.98 Å². The van der Waals surface area contributed by atoms with Crippen LogP contribution in [0.4, 0.5) is 5.82 Å². The Bertz CT molecular complexity index is 387. The monoisotopic (exact) mass is 221 g/mol. The molecule has 1 aliphatic heterocycles. The van der Waals surface area contributed by atoms with Crippen molar-refractivity contribution in [2.75, 3.05) is 18.8 Å². The number of nitrogens with two attached hydrogens (primary N) is 1. The molecule has 1 aromatic heterocycles. The van der Waals surface area contributed by atoms with Crippen LogP contribution in [0.1, 0.15) is 23.3 Å². The normalized spacial score (nSPS) is 18.6. The predicted octanol–water partition coefficient (Wildman–Crippen LogP) is 0.948. The highest BCUT2D eigenvalue weighted by atomic mass is 16.5. The fraction of sp³-hybridized carbons (Fsp3) is 0.455. The number of rotatable bonds is 2. The topological polar surface area (TPSA) is 79.5 Å². The van der Waals surface area contributed by atoms with Crippen LogP contribution in [0.25, 0.3) is 0 Å². The second-order valence-corrected chi connectivity index (χ2v) is 4.04. The minimum atomic E-state index is -0.0438. The molecule has 5 nitrogen and oxygen atoms in total. The summed E-state index contributed by atoms with van der Waals surface area (Å²) < 4.78 is 0. The molecule has 2 heterocycles. The Balaban J connectivity index is 2.08. The zero-order valence-corrected chi connectivity index (χ0v) is 8.97. The number of Topliss-reactive ketones (excluding diaryl/α,β-unsaturated/α-hetero) is 1. The number of hydrogen-bond acceptors (Lipinski definition) is 5. The van der Waals surface area contributed by atoms with E-state index in [1.165, 1.54) is 5.06 Å². The highest BCUT2D eigenvalue weighted by Gasteiger charge is 2.25. The van der Waals surface area contributed by atoms with Crippen molar-refractivity contribution >= 4 is 11.6 Å². The molecule has 1 fully saturated rings. The number of pyridine rings is 1. The van der Waals surface area contributed by atoms with E-state index in [9.17, 15) is 10.0 Å². The van der Waals surface area contributed by atoms with Crippen molar-refractivity contribution in [2.45, 2.75) is 12.8 Å². The molecule has 1 aromatic rings. The summed E-state index contributed by atoms with van der Waals surface area (Å²) in [6.07, 6.45) is 1.34. The second kappa shape index (κ2) is 4.59. The van der Waals surface area contributed by atoms with Crippen molar-refractivity contribution in [1.29, 1.82) is 0 Å². The number of ketones is 1. The van der Waals surface area contributed by atoms with E-state index in [1.807, 2.05) is 0 Å². The van der Waals surface area contributed by atoms with Crippen molar-refractivity contribution in [3.05, 3.63) is 23.9 Å². The fourth-order valence-corrected chi connectivity index (χ4v) is 1.93. The zero-order valence-electron chi connectivity index (χ0n) is 8.97. The Hall–Kier alpha value is -1.46. The maximum atomic E-state index is 12.0. The Morgan fingerprint density at radius 2 is 2.12 bits per heavy atom. The third-order valence-corrected chi connectivity index (χ3v) is 2.87. The maximum Gasteiger partial charge on any atom is 0.184 e. The van der Waals surface area contributed by atoms with Gasteiger partial charge in [-0.1, -0.05) is 6.07 Å². The summed E-state index contributed by atoms with van der Waals surface area (Å²) in [6, 6.07) is 5.08. The van der Waals surface area contributed by atoms with Crippen molar-refractivity contribution < 1.29 is 10.0 Å². The van der Waals surface area contributed by atoms with Gasteiger partial charge in [-0.3, -0.25) is 4.79 Å². The van der Waals surface area contributed by atoms with Crippen LogP contribution in [-0.4, -0.2) is 34.1 Å². The van der Waals surface area contributed by atoms with Crippen LogP contribution in [0.15, 0.2) is 18.2 Å². The average Bonchev–Trinajstić information content (AvgIpc) is 2.29. The summed E-state index contributed by atoms with van der Waals surface area (Å²) in [4.78, 5) is 16.1. The molecule has 16 heavy (non-hydrogen) atoms. The molecule has 0 aliphatic carbocycles. The van der Waals surface area contributed by atoms with E-state index >= 15 is 0 Å². The number of hydroxylamine groups is 2. The Morgan fingerprint density at radius 3 is 2.75 bits per heavy atom. The third-order valence-electron chi connectivity index (χ3n) is 2.87. The van der Waals surface area contributed by atoms with Gasteiger partial charge >= 0.3 is 0 Å². The zero-order chi connectivity index (χ0) is 11.5. The first-order chi connectivity index (χ1) is 7.66. The van der Waals surface area contributed by atoms with Gasteiger partial charge < -0.3 is 10.9 Å². The first-order valence-corrected chi connectivity index (χ1v) is 5.37. The van der Waals surface area contributed by atoms with E-state index in [1.54, 1.807) is 18.2 Å². The number of nitrogens with zero attached hydrogens (tertiary/aromatic N) is 2. The molecule has 0 amide bonds. The van der Waals surface area contributed by atoms with Crippen LogP contribution in [0.2, 0.25) is 0 Å². The Morgan fingerprint density at radius 1 is 1.44 bits per heavy atom. The van der Waals surface area contributed by atoms with Crippen LogP contribution in [0.3, 0.4) is 0 Å². The summed E-state index contributed by atoms with van der Waals surface area (Å²) >= 11 is 0. The molecule has 0 unspecified atom stereocenters. The summed E-state index contributed by atoms with van der Waals surface area (Å²) in [7, 11) is 0. The fourth-order valence-electron chi connectivity index (χ4n) is 1.93. The van der Waals surface area contributed by atoms with E-state index in [0.29, 0.717) is 37.4 Å². The van der Waals surface area contributed by atoms with Crippen molar-refractivity contribution in [1.82, 2.24) is 10.0 Å². The molecule has 0 radical (unpaired) electrons. The van der Waals surface area contributed by atoms with Gasteiger partial charge in [0, 0.05) is 19.0 Å². The summed E-state index contributed by atoms with van der Waals surface area (Å²) in [5.74, 6) is 0.351. The van der Waals surface area contributed by atoms with Gasteiger partial charge in [0.05, 0.1) is 0 Å². The molecule has 1 saturated heterocycles. The van der Waals surface area contributed by atoms with Gasteiger partial charge in [0.2, 0.25) is 0 Å². The molecule has 0 saturated carbocycles. The van der Waals surface area contributed by atoms with Crippen LogP contribution in [-0.2, 0) is 0 Å². The molecule has 3 N–H and O–H groups in total. The molecule has 86 valence electrons. The number of anilines is 1.